The molecule has 1 heterocycles. The van der Waals surface area contributed by atoms with Gasteiger partial charge >= 0.3 is 0 Å². The van der Waals surface area contributed by atoms with E-state index >= 15 is 0 Å². The minimum Gasteiger partial charge on any atom is -0.396 e. The second-order valence-corrected chi connectivity index (χ2v) is 8.33. The number of rotatable bonds is 7. The molecule has 1 N–H and O–H groups in total. The van der Waals surface area contributed by atoms with E-state index in [-0.39, 0.29) is 12.0 Å². The van der Waals surface area contributed by atoms with E-state index in [4.69, 9.17) is 4.98 Å². The van der Waals surface area contributed by atoms with E-state index in [1.165, 1.54) is 16.7 Å². The van der Waals surface area contributed by atoms with Crippen molar-refractivity contribution in [2.75, 3.05) is 6.61 Å². The van der Waals surface area contributed by atoms with Crippen LogP contribution in [0.25, 0.3) is 0 Å². The number of aliphatic hydroxyl groups is 1. The number of aromatic nitrogens is 2. The number of imidazole rings is 1. The van der Waals surface area contributed by atoms with Crippen molar-refractivity contribution >= 4 is 0 Å². The van der Waals surface area contributed by atoms with Gasteiger partial charge in [-0.1, -0.05) is 105 Å². The molecule has 0 spiro atoms. The maximum absolute atomic E-state index is 9.53. The van der Waals surface area contributed by atoms with E-state index in [0.29, 0.717) is 6.42 Å². The molecule has 0 bridgehead atoms. The molecule has 0 aliphatic rings. The predicted octanol–water partition coefficient (Wildman–Crippen LogP) is 5.38. The van der Waals surface area contributed by atoms with Crippen molar-refractivity contribution in [3.05, 3.63) is 126 Å². The van der Waals surface area contributed by atoms with Gasteiger partial charge in [0.15, 0.2) is 0 Å². The summed E-state index contributed by atoms with van der Waals surface area (Å²) >= 11 is 0. The number of hydrogen-bond acceptors (Lipinski definition) is 2. The first-order chi connectivity index (χ1) is 14.6. The standard InChI is InChI=1S/C27H28N2O/c1-26(2,18-19-30)25-20-29(21-28-25)27(22-12-6-3-7-13-22,23-14-8-4-9-15-23)24-16-10-5-11-17-24/h3-17,20-21,30H,18-19H2,1-2H3. The van der Waals surface area contributed by atoms with E-state index in [0.717, 1.165) is 5.69 Å². The van der Waals surface area contributed by atoms with Crippen LogP contribution < -0.4 is 0 Å². The monoisotopic (exact) mass is 396 g/mol. The van der Waals surface area contributed by atoms with Gasteiger partial charge in [0, 0.05) is 18.2 Å². The number of hydrogen-bond donors (Lipinski definition) is 1. The van der Waals surface area contributed by atoms with Crippen LogP contribution in [-0.4, -0.2) is 21.3 Å². The van der Waals surface area contributed by atoms with Crippen LogP contribution in [0.3, 0.4) is 0 Å². The molecule has 4 aromatic rings. The molecular weight excluding hydrogens is 368 g/mol. The van der Waals surface area contributed by atoms with Gasteiger partial charge in [-0.15, -0.1) is 0 Å². The van der Waals surface area contributed by atoms with Crippen LogP contribution in [-0.2, 0) is 11.0 Å². The fraction of sp³-hybridized carbons (Fsp3) is 0.222. The highest BCUT2D eigenvalue weighted by Gasteiger charge is 2.39. The molecular formula is C27H28N2O. The fourth-order valence-corrected chi connectivity index (χ4v) is 4.25. The molecule has 0 saturated heterocycles. The topological polar surface area (TPSA) is 38.0 Å². The molecule has 0 fully saturated rings. The minimum absolute atomic E-state index is 0.140. The van der Waals surface area contributed by atoms with Crippen molar-refractivity contribution in [1.82, 2.24) is 9.55 Å². The Hall–Kier alpha value is -3.17. The van der Waals surface area contributed by atoms with Crippen LogP contribution >= 0.6 is 0 Å². The Morgan fingerprint density at radius 3 is 1.57 bits per heavy atom. The molecule has 0 amide bonds. The van der Waals surface area contributed by atoms with Gasteiger partial charge < -0.3 is 9.67 Å². The Balaban J connectivity index is 2.03. The molecule has 3 nitrogen and oxygen atoms in total. The van der Waals surface area contributed by atoms with Gasteiger partial charge in [0.25, 0.3) is 0 Å². The molecule has 152 valence electrons. The highest BCUT2D eigenvalue weighted by atomic mass is 16.3. The van der Waals surface area contributed by atoms with E-state index in [1.54, 1.807) is 0 Å². The minimum atomic E-state index is -0.551. The maximum Gasteiger partial charge on any atom is 0.121 e. The Kier molecular flexibility index (Phi) is 5.56. The van der Waals surface area contributed by atoms with Gasteiger partial charge in [0.2, 0.25) is 0 Å². The quantitative estimate of drug-likeness (QED) is 0.426. The Labute approximate surface area is 178 Å². The van der Waals surface area contributed by atoms with E-state index in [2.05, 4.69) is 97.4 Å². The second-order valence-electron chi connectivity index (χ2n) is 8.33. The summed E-state index contributed by atoms with van der Waals surface area (Å²) in [6.45, 7) is 4.40. The van der Waals surface area contributed by atoms with Crippen LogP contribution in [0.5, 0.6) is 0 Å². The Morgan fingerprint density at radius 1 is 0.733 bits per heavy atom. The number of aliphatic hydroxyl groups excluding tert-OH is 1. The molecule has 30 heavy (non-hydrogen) atoms. The number of benzene rings is 3. The predicted molar refractivity (Wildman–Crippen MR) is 122 cm³/mol. The molecule has 0 saturated carbocycles. The lowest BCUT2D eigenvalue weighted by Gasteiger charge is -2.37. The zero-order chi connectivity index (χ0) is 21.0. The first-order valence-electron chi connectivity index (χ1n) is 10.4. The lowest BCUT2D eigenvalue weighted by atomic mass is 9.76. The average Bonchev–Trinajstić information content (AvgIpc) is 3.28. The summed E-state index contributed by atoms with van der Waals surface area (Å²) in [4.78, 5) is 4.80. The first kappa shape index (κ1) is 20.1. The van der Waals surface area contributed by atoms with Gasteiger partial charge in [-0.2, -0.15) is 0 Å². The molecule has 0 radical (unpaired) electrons. The smallest absolute Gasteiger partial charge is 0.121 e. The molecule has 4 rings (SSSR count). The highest BCUT2D eigenvalue weighted by Crippen LogP contribution is 2.41. The van der Waals surface area contributed by atoms with Crippen LogP contribution in [0.1, 0.15) is 42.7 Å². The zero-order valence-electron chi connectivity index (χ0n) is 17.6. The van der Waals surface area contributed by atoms with Crippen molar-refractivity contribution < 1.29 is 5.11 Å². The lowest BCUT2D eigenvalue weighted by Crippen LogP contribution is -2.37. The zero-order valence-corrected chi connectivity index (χ0v) is 17.6. The van der Waals surface area contributed by atoms with Crippen molar-refractivity contribution in [3.63, 3.8) is 0 Å². The van der Waals surface area contributed by atoms with Crippen LogP contribution in [0, 0.1) is 0 Å². The molecule has 1 aromatic heterocycles. The lowest BCUT2D eigenvalue weighted by molar-refractivity contribution is 0.250. The summed E-state index contributed by atoms with van der Waals surface area (Å²) in [7, 11) is 0. The van der Waals surface area contributed by atoms with Gasteiger partial charge in [0.05, 0.1) is 12.0 Å². The number of nitrogens with zero attached hydrogens (tertiary/aromatic N) is 2. The SMILES string of the molecule is CC(C)(CCO)c1cn(C(c2ccccc2)(c2ccccc2)c2ccccc2)cn1. The third kappa shape index (κ3) is 3.46. The van der Waals surface area contributed by atoms with Gasteiger partial charge in [-0.25, -0.2) is 4.98 Å². The molecule has 0 aliphatic carbocycles. The highest BCUT2D eigenvalue weighted by molar-refractivity contribution is 5.50. The van der Waals surface area contributed by atoms with Crippen LogP contribution in [0.15, 0.2) is 104 Å². The third-order valence-electron chi connectivity index (χ3n) is 5.97. The van der Waals surface area contributed by atoms with E-state index in [1.807, 2.05) is 24.5 Å². The molecule has 0 unspecified atom stereocenters. The van der Waals surface area contributed by atoms with Crippen LogP contribution in [0.2, 0.25) is 0 Å². The fourth-order valence-electron chi connectivity index (χ4n) is 4.25. The summed E-state index contributed by atoms with van der Waals surface area (Å²) in [5, 5.41) is 9.53. The van der Waals surface area contributed by atoms with Crippen molar-refractivity contribution in [3.8, 4) is 0 Å². The van der Waals surface area contributed by atoms with Crippen molar-refractivity contribution in [2.24, 2.45) is 0 Å². The maximum atomic E-state index is 9.53. The van der Waals surface area contributed by atoms with Crippen molar-refractivity contribution in [1.29, 1.82) is 0 Å². The molecule has 0 atom stereocenters. The summed E-state index contributed by atoms with van der Waals surface area (Å²) in [6.07, 6.45) is 4.74. The Morgan fingerprint density at radius 2 is 1.17 bits per heavy atom. The third-order valence-corrected chi connectivity index (χ3v) is 5.97. The van der Waals surface area contributed by atoms with Crippen molar-refractivity contribution in [2.45, 2.75) is 31.2 Å². The molecule has 3 heteroatoms. The first-order valence-corrected chi connectivity index (χ1v) is 10.4. The Bertz CT molecular complexity index is 973. The normalized spacial score (nSPS) is 12.1. The van der Waals surface area contributed by atoms with Gasteiger partial charge in [0.1, 0.15) is 5.54 Å². The summed E-state index contributed by atoms with van der Waals surface area (Å²) in [5.41, 5.74) is 3.73. The largest absolute Gasteiger partial charge is 0.396 e. The van der Waals surface area contributed by atoms with E-state index in [9.17, 15) is 5.11 Å². The van der Waals surface area contributed by atoms with Gasteiger partial charge in [-0.3, -0.25) is 0 Å². The summed E-state index contributed by atoms with van der Waals surface area (Å²) in [5.74, 6) is 0. The van der Waals surface area contributed by atoms with E-state index < -0.39 is 5.54 Å². The van der Waals surface area contributed by atoms with Crippen LogP contribution in [0.4, 0.5) is 0 Å². The molecule has 3 aromatic carbocycles. The summed E-state index contributed by atoms with van der Waals surface area (Å²) < 4.78 is 2.22. The molecule has 0 aliphatic heterocycles. The second kappa shape index (κ2) is 8.29. The average molecular weight is 397 g/mol. The van der Waals surface area contributed by atoms with Gasteiger partial charge in [-0.05, 0) is 23.1 Å². The summed E-state index contributed by atoms with van der Waals surface area (Å²) in [6, 6.07) is 31.7.